The maximum atomic E-state index is 12.0. The second kappa shape index (κ2) is 6.50. The molecule has 0 aliphatic heterocycles. The van der Waals surface area contributed by atoms with Crippen LogP contribution < -0.4 is 11.1 Å². The van der Waals surface area contributed by atoms with Gasteiger partial charge in [0.25, 0.3) is 5.91 Å². The van der Waals surface area contributed by atoms with Crippen LogP contribution in [0.5, 0.6) is 0 Å². The minimum atomic E-state index is -0.0590. The number of rotatable bonds is 6. The maximum absolute atomic E-state index is 12.0. The van der Waals surface area contributed by atoms with E-state index in [2.05, 4.69) is 31.1 Å². The van der Waals surface area contributed by atoms with E-state index in [1.165, 1.54) is 0 Å². The van der Waals surface area contributed by atoms with Gasteiger partial charge < -0.3 is 11.1 Å². The second-order valence-electron chi connectivity index (χ2n) is 5.34. The molecule has 100 valence electrons. The van der Waals surface area contributed by atoms with Crippen molar-refractivity contribution in [3.8, 4) is 0 Å². The van der Waals surface area contributed by atoms with Crippen molar-refractivity contribution < 1.29 is 4.79 Å². The van der Waals surface area contributed by atoms with Crippen molar-refractivity contribution in [3.05, 3.63) is 29.6 Å². The van der Waals surface area contributed by atoms with Crippen LogP contribution in [-0.4, -0.2) is 17.4 Å². The third-order valence-electron chi connectivity index (χ3n) is 2.94. The van der Waals surface area contributed by atoms with E-state index in [-0.39, 0.29) is 11.3 Å². The van der Waals surface area contributed by atoms with Gasteiger partial charge in [-0.25, -0.2) is 0 Å². The molecule has 1 aromatic rings. The molecule has 0 radical (unpaired) electrons. The quantitative estimate of drug-likeness (QED) is 0.811. The van der Waals surface area contributed by atoms with E-state index in [0.29, 0.717) is 18.7 Å². The summed E-state index contributed by atoms with van der Waals surface area (Å²) in [5, 5.41) is 2.97. The molecule has 0 aliphatic rings. The molecule has 0 saturated heterocycles. The van der Waals surface area contributed by atoms with Crippen LogP contribution in [0.2, 0.25) is 0 Å². The standard InChI is InChI=1S/C14H23N3O/c1-4-6-14(2,3)10-17-13(18)11-5-7-16-12(8-11)9-15/h5,7-8H,4,6,9-10,15H2,1-3H3,(H,17,18). The van der Waals surface area contributed by atoms with E-state index in [4.69, 9.17) is 5.73 Å². The first-order valence-electron chi connectivity index (χ1n) is 6.41. The van der Waals surface area contributed by atoms with E-state index in [9.17, 15) is 4.79 Å². The lowest BCUT2D eigenvalue weighted by atomic mass is 9.88. The number of carbonyl (C=O) groups is 1. The van der Waals surface area contributed by atoms with Gasteiger partial charge in [0.2, 0.25) is 0 Å². The highest BCUT2D eigenvalue weighted by molar-refractivity contribution is 5.94. The molecule has 0 fully saturated rings. The molecule has 1 rings (SSSR count). The number of carbonyl (C=O) groups excluding carboxylic acids is 1. The molecule has 1 aromatic heterocycles. The van der Waals surface area contributed by atoms with Crippen LogP contribution >= 0.6 is 0 Å². The van der Waals surface area contributed by atoms with Crippen molar-refractivity contribution in [2.45, 2.75) is 40.2 Å². The summed E-state index contributed by atoms with van der Waals surface area (Å²) in [4.78, 5) is 16.1. The van der Waals surface area contributed by atoms with Crippen LogP contribution in [0, 0.1) is 5.41 Å². The topological polar surface area (TPSA) is 68.0 Å². The fourth-order valence-electron chi connectivity index (χ4n) is 1.92. The minimum Gasteiger partial charge on any atom is -0.352 e. The number of amides is 1. The molecule has 18 heavy (non-hydrogen) atoms. The third-order valence-corrected chi connectivity index (χ3v) is 2.94. The summed E-state index contributed by atoms with van der Waals surface area (Å²) in [6, 6.07) is 3.45. The monoisotopic (exact) mass is 249 g/mol. The Hall–Kier alpha value is -1.42. The van der Waals surface area contributed by atoms with Crippen molar-refractivity contribution in [2.24, 2.45) is 11.1 Å². The molecule has 0 unspecified atom stereocenters. The van der Waals surface area contributed by atoms with Gasteiger partial charge in [0.05, 0.1) is 5.69 Å². The molecule has 1 amide bonds. The minimum absolute atomic E-state index is 0.0590. The Balaban J connectivity index is 2.60. The number of nitrogens with zero attached hydrogens (tertiary/aromatic N) is 1. The average molecular weight is 249 g/mol. The van der Waals surface area contributed by atoms with Crippen LogP contribution in [0.1, 0.15) is 49.7 Å². The van der Waals surface area contributed by atoms with Crippen molar-refractivity contribution in [3.63, 3.8) is 0 Å². The molecule has 0 aromatic carbocycles. The highest BCUT2D eigenvalue weighted by Gasteiger charge is 2.18. The third kappa shape index (κ3) is 4.45. The first kappa shape index (κ1) is 14.6. The van der Waals surface area contributed by atoms with Crippen LogP contribution in [-0.2, 0) is 6.54 Å². The molecule has 0 saturated carbocycles. The molecule has 0 atom stereocenters. The zero-order valence-corrected chi connectivity index (χ0v) is 11.5. The first-order chi connectivity index (χ1) is 8.48. The summed E-state index contributed by atoms with van der Waals surface area (Å²) in [5.41, 5.74) is 7.00. The number of aromatic nitrogens is 1. The van der Waals surface area contributed by atoms with Crippen LogP contribution in [0.3, 0.4) is 0 Å². The lowest BCUT2D eigenvalue weighted by molar-refractivity contribution is 0.0934. The molecule has 0 aliphatic carbocycles. The molecule has 0 spiro atoms. The Morgan fingerprint density at radius 3 is 2.83 bits per heavy atom. The molecule has 3 N–H and O–H groups in total. The number of pyridine rings is 1. The summed E-state index contributed by atoms with van der Waals surface area (Å²) in [5.74, 6) is -0.0590. The Morgan fingerprint density at radius 1 is 1.50 bits per heavy atom. The maximum Gasteiger partial charge on any atom is 0.251 e. The van der Waals surface area contributed by atoms with Gasteiger partial charge in [-0.05, 0) is 24.0 Å². The SMILES string of the molecule is CCCC(C)(C)CNC(=O)c1ccnc(CN)c1. The van der Waals surface area contributed by atoms with E-state index in [0.717, 1.165) is 18.5 Å². The lowest BCUT2D eigenvalue weighted by Gasteiger charge is -2.24. The smallest absolute Gasteiger partial charge is 0.251 e. The van der Waals surface area contributed by atoms with Crippen molar-refractivity contribution in [1.29, 1.82) is 0 Å². The summed E-state index contributed by atoms with van der Waals surface area (Å²) < 4.78 is 0. The van der Waals surface area contributed by atoms with Crippen LogP contribution in [0.4, 0.5) is 0 Å². The zero-order chi connectivity index (χ0) is 13.6. The normalized spacial score (nSPS) is 11.3. The van der Waals surface area contributed by atoms with Crippen molar-refractivity contribution in [2.75, 3.05) is 6.54 Å². The Morgan fingerprint density at radius 2 is 2.22 bits per heavy atom. The van der Waals surface area contributed by atoms with Crippen molar-refractivity contribution in [1.82, 2.24) is 10.3 Å². The van der Waals surface area contributed by atoms with Gasteiger partial charge in [-0.15, -0.1) is 0 Å². The van der Waals surface area contributed by atoms with Crippen molar-refractivity contribution >= 4 is 5.91 Å². The second-order valence-corrected chi connectivity index (χ2v) is 5.34. The fraction of sp³-hybridized carbons (Fsp3) is 0.571. The molecular formula is C14H23N3O. The highest BCUT2D eigenvalue weighted by Crippen LogP contribution is 2.20. The number of nitrogens with one attached hydrogen (secondary N) is 1. The molecule has 0 bridgehead atoms. The summed E-state index contributed by atoms with van der Waals surface area (Å²) in [6.45, 7) is 7.51. The Bertz CT molecular complexity index is 402. The van der Waals surface area contributed by atoms with Gasteiger partial charge in [0.1, 0.15) is 0 Å². The van der Waals surface area contributed by atoms with E-state index < -0.39 is 0 Å². The van der Waals surface area contributed by atoms with Gasteiger partial charge in [-0.2, -0.15) is 0 Å². The largest absolute Gasteiger partial charge is 0.352 e. The van der Waals surface area contributed by atoms with Gasteiger partial charge in [-0.1, -0.05) is 27.2 Å². The highest BCUT2D eigenvalue weighted by atomic mass is 16.1. The Kier molecular flexibility index (Phi) is 5.28. The van der Waals surface area contributed by atoms with E-state index in [1.54, 1.807) is 18.3 Å². The fourth-order valence-corrected chi connectivity index (χ4v) is 1.92. The molecule has 4 nitrogen and oxygen atoms in total. The van der Waals surface area contributed by atoms with Crippen LogP contribution in [0.15, 0.2) is 18.3 Å². The lowest BCUT2D eigenvalue weighted by Crippen LogP contribution is -2.34. The average Bonchev–Trinajstić information content (AvgIpc) is 2.36. The summed E-state index contributed by atoms with van der Waals surface area (Å²) in [6.07, 6.45) is 3.83. The summed E-state index contributed by atoms with van der Waals surface area (Å²) >= 11 is 0. The summed E-state index contributed by atoms with van der Waals surface area (Å²) in [7, 11) is 0. The predicted molar refractivity (Wildman–Crippen MR) is 73.2 cm³/mol. The number of hydrogen-bond donors (Lipinski definition) is 2. The zero-order valence-electron chi connectivity index (χ0n) is 11.5. The predicted octanol–water partition coefficient (Wildman–Crippen LogP) is 2.10. The van der Waals surface area contributed by atoms with Gasteiger partial charge in [0.15, 0.2) is 0 Å². The van der Waals surface area contributed by atoms with E-state index >= 15 is 0 Å². The number of nitrogens with two attached hydrogens (primary N) is 1. The molecule has 1 heterocycles. The first-order valence-corrected chi connectivity index (χ1v) is 6.41. The number of hydrogen-bond acceptors (Lipinski definition) is 3. The Labute approximate surface area is 109 Å². The molecular weight excluding hydrogens is 226 g/mol. The molecule has 4 heteroatoms. The van der Waals surface area contributed by atoms with Crippen LogP contribution in [0.25, 0.3) is 0 Å². The van der Waals surface area contributed by atoms with Gasteiger partial charge in [-0.3, -0.25) is 9.78 Å². The van der Waals surface area contributed by atoms with Gasteiger partial charge >= 0.3 is 0 Å². The van der Waals surface area contributed by atoms with E-state index in [1.807, 2.05) is 0 Å². The van der Waals surface area contributed by atoms with Gasteiger partial charge in [0, 0.05) is 24.8 Å².